The van der Waals surface area contributed by atoms with Crippen LogP contribution >= 0.6 is 62.5 Å². The topological polar surface area (TPSA) is 111 Å². The maximum Gasteiger partial charge on any atom is 0.339 e. The van der Waals surface area contributed by atoms with Gasteiger partial charge in [0.15, 0.2) is 11.5 Å². The van der Waals surface area contributed by atoms with E-state index >= 15 is 0 Å². The first-order chi connectivity index (χ1) is 21.5. The molecule has 45 heavy (non-hydrogen) atoms. The number of nitrogens with one attached hydrogen (secondary N) is 1. The molecular formula is C31H26BrCl3N2O7S. The first-order valence-corrected chi connectivity index (χ1v) is 16.3. The van der Waals surface area contributed by atoms with Gasteiger partial charge in [0.1, 0.15) is 13.2 Å². The van der Waals surface area contributed by atoms with E-state index in [0.717, 1.165) is 10.5 Å². The summed E-state index contributed by atoms with van der Waals surface area (Å²) < 4.78 is 17.5. The van der Waals surface area contributed by atoms with E-state index in [1.807, 2.05) is 13.8 Å². The minimum atomic E-state index is -0.640. The second kappa shape index (κ2) is 15.9. The Balaban J connectivity index is 1.46. The highest BCUT2D eigenvalue weighted by Gasteiger charge is 2.36. The molecule has 1 N–H and O–H groups in total. The lowest BCUT2D eigenvalue weighted by atomic mass is 10.1. The van der Waals surface area contributed by atoms with Crippen molar-refractivity contribution in [3.05, 3.63) is 89.7 Å². The van der Waals surface area contributed by atoms with Crippen molar-refractivity contribution in [3.8, 4) is 11.5 Å². The lowest BCUT2D eigenvalue weighted by Gasteiger charge is -2.15. The molecule has 1 heterocycles. The number of imide groups is 1. The monoisotopic (exact) mass is 754 g/mol. The van der Waals surface area contributed by atoms with Crippen LogP contribution in [0, 0.1) is 0 Å². The van der Waals surface area contributed by atoms with Crippen molar-refractivity contribution in [1.29, 1.82) is 0 Å². The Bertz CT molecular complexity index is 1690. The Morgan fingerprint density at radius 2 is 1.73 bits per heavy atom. The standard InChI is InChI=1S/C31H26BrCl3N2O7S/c1-3-9-43-30(40)20-14-19(6-8-22(20)33)36-27(38)15-37-29(39)26(45-31(37)41)13-18-10-21(32)28(25(12-18)42-4-2)44-16-17-5-7-23(34)24(35)11-17/h5-8,10-14H,3-4,9,15-16H2,1-2H3,(H,36,38)/b26-13+. The summed E-state index contributed by atoms with van der Waals surface area (Å²) in [7, 11) is 0. The SMILES string of the molecule is CCCOC(=O)c1cc(NC(=O)CN2C(=O)S/C(=C/c3cc(Br)c(OCc4ccc(Cl)c(Cl)c4)c(OCC)c3)C2=O)ccc1Cl. The van der Waals surface area contributed by atoms with E-state index in [2.05, 4.69) is 21.2 Å². The molecule has 9 nitrogen and oxygen atoms in total. The van der Waals surface area contributed by atoms with Crippen LogP contribution in [0.5, 0.6) is 11.5 Å². The third kappa shape index (κ3) is 8.95. The van der Waals surface area contributed by atoms with Gasteiger partial charge in [0.2, 0.25) is 5.91 Å². The summed E-state index contributed by atoms with van der Waals surface area (Å²) in [6.07, 6.45) is 2.17. The number of thioether (sulfide) groups is 1. The van der Waals surface area contributed by atoms with E-state index in [1.165, 1.54) is 24.3 Å². The zero-order chi connectivity index (χ0) is 32.7. The van der Waals surface area contributed by atoms with E-state index in [9.17, 15) is 19.2 Å². The minimum Gasteiger partial charge on any atom is -0.490 e. The Labute approximate surface area is 287 Å². The molecule has 3 aromatic rings. The molecule has 3 aromatic carbocycles. The summed E-state index contributed by atoms with van der Waals surface area (Å²) in [6.45, 7) is 3.91. The van der Waals surface area contributed by atoms with Gasteiger partial charge in [-0.1, -0.05) is 47.8 Å². The summed E-state index contributed by atoms with van der Waals surface area (Å²) in [5, 5.41) is 2.99. The van der Waals surface area contributed by atoms with Crippen molar-refractivity contribution in [2.75, 3.05) is 25.1 Å². The molecule has 4 rings (SSSR count). The van der Waals surface area contributed by atoms with Gasteiger partial charge in [-0.05, 0) is 101 Å². The number of amides is 3. The van der Waals surface area contributed by atoms with Crippen LogP contribution in [0.4, 0.5) is 10.5 Å². The molecule has 14 heteroatoms. The fourth-order valence-corrected chi connectivity index (χ4v) is 5.95. The highest BCUT2D eigenvalue weighted by Crippen LogP contribution is 2.40. The van der Waals surface area contributed by atoms with Crippen LogP contribution in [-0.4, -0.2) is 47.7 Å². The average molecular weight is 757 g/mol. The number of anilines is 1. The largest absolute Gasteiger partial charge is 0.490 e. The smallest absolute Gasteiger partial charge is 0.339 e. The fourth-order valence-electron chi connectivity index (χ4n) is 4.02. The lowest BCUT2D eigenvalue weighted by Crippen LogP contribution is -2.36. The Morgan fingerprint density at radius 3 is 2.44 bits per heavy atom. The third-order valence-corrected chi connectivity index (χ3v) is 8.64. The molecule has 1 aliphatic heterocycles. The van der Waals surface area contributed by atoms with Gasteiger partial charge in [0.05, 0.1) is 43.2 Å². The first kappa shape index (κ1) is 34.6. The normalized spacial score (nSPS) is 13.7. The first-order valence-electron chi connectivity index (χ1n) is 13.6. The number of hydrogen-bond acceptors (Lipinski definition) is 8. The molecular weight excluding hydrogens is 731 g/mol. The maximum atomic E-state index is 13.1. The van der Waals surface area contributed by atoms with E-state index < -0.39 is 29.6 Å². The van der Waals surface area contributed by atoms with E-state index in [4.69, 9.17) is 49.0 Å². The lowest BCUT2D eigenvalue weighted by molar-refractivity contribution is -0.127. The summed E-state index contributed by atoms with van der Waals surface area (Å²) in [6, 6.07) is 12.9. The van der Waals surface area contributed by atoms with Gasteiger partial charge in [-0.25, -0.2) is 4.79 Å². The van der Waals surface area contributed by atoms with Crippen LogP contribution in [-0.2, 0) is 20.9 Å². The number of hydrogen-bond donors (Lipinski definition) is 1. The van der Waals surface area contributed by atoms with E-state index in [-0.39, 0.29) is 34.4 Å². The Hall–Kier alpha value is -3.22. The van der Waals surface area contributed by atoms with Crippen molar-refractivity contribution >= 4 is 97.3 Å². The average Bonchev–Trinajstić information content (AvgIpc) is 3.25. The van der Waals surface area contributed by atoms with Crippen molar-refractivity contribution in [2.45, 2.75) is 26.9 Å². The zero-order valence-corrected chi connectivity index (χ0v) is 28.6. The van der Waals surface area contributed by atoms with Crippen molar-refractivity contribution in [1.82, 2.24) is 4.90 Å². The molecule has 0 aliphatic carbocycles. The number of ether oxygens (including phenoxy) is 3. The number of carbonyl (C=O) groups excluding carboxylic acids is 4. The number of benzene rings is 3. The summed E-state index contributed by atoms with van der Waals surface area (Å²) in [5.41, 5.74) is 1.70. The van der Waals surface area contributed by atoms with Gasteiger partial charge in [-0.15, -0.1) is 0 Å². The number of halogens is 4. The molecule has 0 radical (unpaired) electrons. The third-order valence-electron chi connectivity index (χ3n) is 6.08. The Kier molecular flexibility index (Phi) is 12.2. The fraction of sp³-hybridized carbons (Fsp3) is 0.226. The number of esters is 1. The molecule has 3 amide bonds. The molecule has 1 aliphatic rings. The minimum absolute atomic E-state index is 0.0837. The van der Waals surface area contributed by atoms with E-state index in [0.29, 0.717) is 56.4 Å². The molecule has 0 spiro atoms. The summed E-state index contributed by atoms with van der Waals surface area (Å²) >= 11 is 22.5. The van der Waals surface area contributed by atoms with Crippen LogP contribution in [0.1, 0.15) is 41.8 Å². The van der Waals surface area contributed by atoms with Crippen LogP contribution in [0.25, 0.3) is 6.08 Å². The molecule has 0 atom stereocenters. The maximum absolute atomic E-state index is 13.1. The second-order valence-electron chi connectivity index (χ2n) is 9.45. The number of nitrogens with zero attached hydrogens (tertiary/aromatic N) is 1. The van der Waals surface area contributed by atoms with Crippen LogP contribution in [0.15, 0.2) is 57.9 Å². The van der Waals surface area contributed by atoms with Crippen LogP contribution in [0.2, 0.25) is 15.1 Å². The second-order valence-corrected chi connectivity index (χ2v) is 12.5. The van der Waals surface area contributed by atoms with Gasteiger partial charge in [-0.3, -0.25) is 19.3 Å². The molecule has 1 saturated heterocycles. The van der Waals surface area contributed by atoms with Gasteiger partial charge in [0.25, 0.3) is 11.1 Å². The van der Waals surface area contributed by atoms with Gasteiger partial charge in [-0.2, -0.15) is 0 Å². The van der Waals surface area contributed by atoms with Crippen LogP contribution in [0.3, 0.4) is 0 Å². The molecule has 236 valence electrons. The summed E-state index contributed by atoms with van der Waals surface area (Å²) in [5.74, 6) is -1.04. The van der Waals surface area contributed by atoms with Gasteiger partial charge >= 0.3 is 5.97 Å². The van der Waals surface area contributed by atoms with Gasteiger partial charge < -0.3 is 19.5 Å². The zero-order valence-electron chi connectivity index (χ0n) is 24.0. The molecule has 0 bridgehead atoms. The predicted molar refractivity (Wildman–Crippen MR) is 179 cm³/mol. The molecule has 0 saturated carbocycles. The number of carbonyl (C=O) groups is 4. The molecule has 0 aromatic heterocycles. The van der Waals surface area contributed by atoms with Crippen molar-refractivity contribution in [2.24, 2.45) is 0 Å². The van der Waals surface area contributed by atoms with Crippen molar-refractivity contribution < 1.29 is 33.4 Å². The van der Waals surface area contributed by atoms with Crippen molar-refractivity contribution in [3.63, 3.8) is 0 Å². The molecule has 0 unspecified atom stereocenters. The summed E-state index contributed by atoms with van der Waals surface area (Å²) in [4.78, 5) is 51.9. The predicted octanol–water partition coefficient (Wildman–Crippen LogP) is 8.63. The quantitative estimate of drug-likeness (QED) is 0.145. The van der Waals surface area contributed by atoms with Crippen LogP contribution < -0.4 is 14.8 Å². The highest BCUT2D eigenvalue weighted by atomic mass is 79.9. The Morgan fingerprint density at radius 1 is 0.978 bits per heavy atom. The highest BCUT2D eigenvalue weighted by molar-refractivity contribution is 9.10. The van der Waals surface area contributed by atoms with E-state index in [1.54, 1.807) is 30.3 Å². The number of rotatable bonds is 12. The molecule has 1 fully saturated rings. The van der Waals surface area contributed by atoms with Gasteiger partial charge in [0, 0.05) is 5.69 Å².